The van der Waals surface area contributed by atoms with Crippen molar-refractivity contribution in [1.29, 1.82) is 0 Å². The molecule has 0 radical (unpaired) electrons. The van der Waals surface area contributed by atoms with E-state index >= 15 is 0 Å². The summed E-state index contributed by atoms with van der Waals surface area (Å²) in [6.07, 6.45) is -2.84. The fourth-order valence-electron chi connectivity index (χ4n) is 3.67. The van der Waals surface area contributed by atoms with Crippen molar-refractivity contribution in [3.63, 3.8) is 0 Å². The number of hydrogen-bond acceptors (Lipinski definition) is 3. The average molecular weight is 433 g/mol. The van der Waals surface area contributed by atoms with Crippen molar-refractivity contribution in [3.05, 3.63) is 71.3 Å². The third-order valence-corrected chi connectivity index (χ3v) is 5.27. The molecule has 2 N–H and O–H groups in total. The summed E-state index contributed by atoms with van der Waals surface area (Å²) in [7, 11) is 0. The van der Waals surface area contributed by atoms with Crippen molar-refractivity contribution < 1.29 is 22.8 Å². The summed E-state index contributed by atoms with van der Waals surface area (Å²) >= 11 is 0. The zero-order chi connectivity index (χ0) is 22.3. The van der Waals surface area contributed by atoms with Gasteiger partial charge < -0.3 is 10.6 Å². The molecule has 0 bridgehead atoms. The van der Waals surface area contributed by atoms with Gasteiger partial charge in [0, 0.05) is 26.2 Å². The number of alkyl halides is 3. The van der Waals surface area contributed by atoms with Crippen molar-refractivity contribution in [3.8, 4) is 0 Å². The number of carbonyl (C=O) groups is 2. The summed E-state index contributed by atoms with van der Waals surface area (Å²) in [5.74, 6) is -0.526. The van der Waals surface area contributed by atoms with Crippen LogP contribution in [0.15, 0.2) is 54.6 Å². The van der Waals surface area contributed by atoms with E-state index in [1.54, 1.807) is 11.0 Å². The Balaban J connectivity index is 1.54. The molecule has 0 aromatic heterocycles. The highest BCUT2D eigenvalue weighted by Crippen LogP contribution is 2.30. The van der Waals surface area contributed by atoms with E-state index in [-0.39, 0.29) is 24.8 Å². The van der Waals surface area contributed by atoms with Crippen LogP contribution in [0.3, 0.4) is 0 Å². The van der Waals surface area contributed by atoms with E-state index in [1.165, 1.54) is 11.6 Å². The number of nitrogens with one attached hydrogen (secondary N) is 2. The van der Waals surface area contributed by atoms with Gasteiger partial charge in [0.1, 0.15) is 0 Å². The molecule has 1 atom stereocenters. The topological polar surface area (TPSA) is 61.4 Å². The Bertz CT molecular complexity index is 887. The molecule has 166 valence electrons. The van der Waals surface area contributed by atoms with Crippen LogP contribution in [0.25, 0.3) is 0 Å². The van der Waals surface area contributed by atoms with Crippen LogP contribution in [0.1, 0.15) is 29.5 Å². The van der Waals surface area contributed by atoms with Crippen LogP contribution in [-0.2, 0) is 28.7 Å². The Labute approximate surface area is 179 Å². The Kier molecular flexibility index (Phi) is 7.68. The second-order valence-corrected chi connectivity index (χ2v) is 7.62. The van der Waals surface area contributed by atoms with Gasteiger partial charge in [-0.3, -0.25) is 14.5 Å². The fourth-order valence-corrected chi connectivity index (χ4v) is 3.67. The number of hydrogen-bond donors (Lipinski definition) is 2. The first kappa shape index (κ1) is 22.8. The standard InChI is InChI=1S/C23H26F3N3O2/c24-23(25,26)19-10-4-8-18(14-19)16-29-13-12-28-22(31)20(29)15-21(30)27-11-5-9-17-6-2-1-3-7-17/h1-4,6-8,10,14,20H,5,9,11-13,15-16H2,(H,27,30)(H,28,31). The molecule has 5 nitrogen and oxygen atoms in total. The monoisotopic (exact) mass is 433 g/mol. The maximum absolute atomic E-state index is 13.0. The van der Waals surface area contributed by atoms with Crippen LogP contribution in [0.4, 0.5) is 13.2 Å². The molecule has 8 heteroatoms. The number of benzene rings is 2. The zero-order valence-electron chi connectivity index (χ0n) is 17.1. The van der Waals surface area contributed by atoms with E-state index in [1.807, 2.05) is 30.3 Å². The Morgan fingerprint density at radius 2 is 1.84 bits per heavy atom. The minimum absolute atomic E-state index is 0.0316. The summed E-state index contributed by atoms with van der Waals surface area (Å²) in [5, 5.41) is 5.58. The number of carbonyl (C=O) groups excluding carboxylic acids is 2. The summed E-state index contributed by atoms with van der Waals surface area (Å²) < 4.78 is 38.9. The maximum atomic E-state index is 13.0. The summed E-state index contributed by atoms with van der Waals surface area (Å²) in [5.41, 5.74) is 0.924. The largest absolute Gasteiger partial charge is 0.416 e. The minimum atomic E-state index is -4.42. The molecule has 2 aromatic rings. The van der Waals surface area contributed by atoms with Crippen molar-refractivity contribution in [1.82, 2.24) is 15.5 Å². The van der Waals surface area contributed by atoms with Crippen LogP contribution in [-0.4, -0.2) is 42.4 Å². The Morgan fingerprint density at radius 1 is 1.10 bits per heavy atom. The van der Waals surface area contributed by atoms with E-state index in [9.17, 15) is 22.8 Å². The second kappa shape index (κ2) is 10.4. The van der Waals surface area contributed by atoms with Crippen molar-refractivity contribution in [2.75, 3.05) is 19.6 Å². The van der Waals surface area contributed by atoms with Crippen LogP contribution in [0.2, 0.25) is 0 Å². The van der Waals surface area contributed by atoms with Gasteiger partial charge in [-0.05, 0) is 30.0 Å². The molecule has 1 saturated heterocycles. The number of halogens is 3. The summed E-state index contributed by atoms with van der Waals surface area (Å²) in [6, 6.07) is 14.3. The minimum Gasteiger partial charge on any atom is -0.356 e. The SMILES string of the molecule is O=C(CC1C(=O)NCCN1Cc1cccc(C(F)(F)F)c1)NCCCc1ccccc1. The van der Waals surface area contributed by atoms with Crippen molar-refractivity contribution >= 4 is 11.8 Å². The van der Waals surface area contributed by atoms with Gasteiger partial charge in [0.25, 0.3) is 0 Å². The molecule has 1 aliphatic heterocycles. The number of piperazine rings is 1. The lowest BCUT2D eigenvalue weighted by molar-refractivity contribution is -0.137. The van der Waals surface area contributed by atoms with Gasteiger partial charge in [0.15, 0.2) is 0 Å². The molecule has 0 spiro atoms. The maximum Gasteiger partial charge on any atom is 0.416 e. The zero-order valence-corrected chi connectivity index (χ0v) is 17.1. The van der Waals surface area contributed by atoms with E-state index in [4.69, 9.17) is 0 Å². The Hall–Kier alpha value is -2.87. The average Bonchev–Trinajstić information content (AvgIpc) is 2.74. The lowest BCUT2D eigenvalue weighted by Gasteiger charge is -2.34. The highest BCUT2D eigenvalue weighted by Gasteiger charge is 2.33. The van der Waals surface area contributed by atoms with E-state index in [0.29, 0.717) is 25.2 Å². The van der Waals surface area contributed by atoms with Crippen LogP contribution >= 0.6 is 0 Å². The van der Waals surface area contributed by atoms with E-state index in [2.05, 4.69) is 10.6 Å². The molecular weight excluding hydrogens is 407 g/mol. The smallest absolute Gasteiger partial charge is 0.356 e. The van der Waals surface area contributed by atoms with E-state index < -0.39 is 17.8 Å². The quantitative estimate of drug-likeness (QED) is 0.629. The first-order valence-corrected chi connectivity index (χ1v) is 10.3. The van der Waals surface area contributed by atoms with Gasteiger partial charge in [0.05, 0.1) is 18.0 Å². The number of nitrogens with zero attached hydrogens (tertiary/aromatic N) is 1. The normalized spacial score (nSPS) is 17.3. The third-order valence-electron chi connectivity index (χ3n) is 5.27. The fraction of sp³-hybridized carbons (Fsp3) is 0.391. The molecule has 1 aliphatic rings. The predicted octanol–water partition coefficient (Wildman–Crippen LogP) is 3.14. The van der Waals surface area contributed by atoms with Gasteiger partial charge in [-0.25, -0.2) is 0 Å². The van der Waals surface area contributed by atoms with Crippen molar-refractivity contribution in [2.45, 2.75) is 38.0 Å². The molecule has 31 heavy (non-hydrogen) atoms. The summed E-state index contributed by atoms with van der Waals surface area (Å²) in [6.45, 7) is 1.53. The van der Waals surface area contributed by atoms with Crippen LogP contribution in [0, 0.1) is 0 Å². The third kappa shape index (κ3) is 6.82. The molecule has 0 aliphatic carbocycles. The second-order valence-electron chi connectivity index (χ2n) is 7.62. The molecule has 1 unspecified atom stereocenters. The van der Waals surface area contributed by atoms with Gasteiger partial charge in [-0.15, -0.1) is 0 Å². The van der Waals surface area contributed by atoms with Gasteiger partial charge in [-0.1, -0.05) is 48.5 Å². The highest BCUT2D eigenvalue weighted by atomic mass is 19.4. The van der Waals surface area contributed by atoms with Gasteiger partial charge >= 0.3 is 6.18 Å². The molecule has 2 aromatic carbocycles. The lowest BCUT2D eigenvalue weighted by atomic mass is 10.0. The Morgan fingerprint density at radius 3 is 2.58 bits per heavy atom. The van der Waals surface area contributed by atoms with Gasteiger partial charge in [0.2, 0.25) is 11.8 Å². The first-order chi connectivity index (χ1) is 14.8. The van der Waals surface area contributed by atoms with Crippen LogP contribution in [0.5, 0.6) is 0 Å². The van der Waals surface area contributed by atoms with Crippen molar-refractivity contribution in [2.24, 2.45) is 0 Å². The van der Waals surface area contributed by atoms with E-state index in [0.717, 1.165) is 25.0 Å². The predicted molar refractivity (Wildman–Crippen MR) is 111 cm³/mol. The molecule has 0 saturated carbocycles. The molecular formula is C23H26F3N3O2. The van der Waals surface area contributed by atoms with Crippen LogP contribution < -0.4 is 10.6 Å². The molecule has 3 rings (SSSR count). The number of amides is 2. The molecule has 2 amide bonds. The molecule has 1 heterocycles. The number of aryl methyl sites for hydroxylation is 1. The lowest BCUT2D eigenvalue weighted by Crippen LogP contribution is -2.56. The summed E-state index contributed by atoms with van der Waals surface area (Å²) in [4.78, 5) is 26.5. The highest BCUT2D eigenvalue weighted by molar-refractivity contribution is 5.88. The molecule has 1 fully saturated rings. The first-order valence-electron chi connectivity index (χ1n) is 10.3. The number of rotatable bonds is 8. The van der Waals surface area contributed by atoms with Gasteiger partial charge in [-0.2, -0.15) is 13.2 Å².